The lowest BCUT2D eigenvalue weighted by Gasteiger charge is -2.29. The smallest absolute Gasteiger partial charge is 0.254 e. The molecule has 1 saturated carbocycles. The van der Waals surface area contributed by atoms with E-state index >= 15 is 0 Å². The largest absolute Gasteiger partial charge is 0.335 e. The first-order chi connectivity index (χ1) is 10.2. The summed E-state index contributed by atoms with van der Waals surface area (Å²) in [5, 5.41) is 0. The summed E-state index contributed by atoms with van der Waals surface area (Å²) in [7, 11) is 0. The van der Waals surface area contributed by atoms with Crippen molar-refractivity contribution in [1.82, 2.24) is 4.90 Å². The molecule has 1 aliphatic carbocycles. The van der Waals surface area contributed by atoms with Gasteiger partial charge in [0.1, 0.15) is 0 Å². The number of benzene rings is 1. The van der Waals surface area contributed by atoms with E-state index in [-0.39, 0.29) is 11.7 Å². The molecule has 21 heavy (non-hydrogen) atoms. The van der Waals surface area contributed by atoms with E-state index in [9.17, 15) is 9.59 Å². The van der Waals surface area contributed by atoms with Crippen molar-refractivity contribution in [3.63, 3.8) is 0 Å². The molecule has 1 heterocycles. The maximum Gasteiger partial charge on any atom is 0.254 e. The van der Waals surface area contributed by atoms with Crippen molar-refractivity contribution in [3.8, 4) is 0 Å². The number of amides is 1. The topological polar surface area (TPSA) is 37.4 Å². The predicted molar refractivity (Wildman–Crippen MR) is 82.5 cm³/mol. The van der Waals surface area contributed by atoms with E-state index in [0.717, 1.165) is 19.4 Å². The number of hydrogen-bond acceptors (Lipinski definition) is 2. The van der Waals surface area contributed by atoms with Gasteiger partial charge in [0.2, 0.25) is 0 Å². The first-order valence-electron chi connectivity index (χ1n) is 8.09. The Labute approximate surface area is 126 Å². The van der Waals surface area contributed by atoms with Crippen LogP contribution in [0.4, 0.5) is 0 Å². The van der Waals surface area contributed by atoms with E-state index in [1.807, 2.05) is 0 Å². The van der Waals surface area contributed by atoms with E-state index in [1.54, 1.807) is 31.2 Å². The summed E-state index contributed by atoms with van der Waals surface area (Å²) in [4.78, 5) is 26.1. The zero-order chi connectivity index (χ0) is 14.8. The van der Waals surface area contributed by atoms with Crippen molar-refractivity contribution in [1.29, 1.82) is 0 Å². The molecule has 1 amide bonds. The zero-order valence-corrected chi connectivity index (χ0v) is 12.7. The average molecular weight is 285 g/mol. The van der Waals surface area contributed by atoms with Crippen LogP contribution in [0, 0.1) is 5.92 Å². The minimum Gasteiger partial charge on any atom is -0.335 e. The Kier molecular flexibility index (Phi) is 4.09. The van der Waals surface area contributed by atoms with E-state index in [0.29, 0.717) is 23.1 Å². The Morgan fingerprint density at radius 2 is 1.57 bits per heavy atom. The first kappa shape index (κ1) is 14.3. The molecule has 2 aliphatic rings. The molecule has 1 aliphatic heterocycles. The molecule has 0 radical (unpaired) electrons. The Morgan fingerprint density at radius 1 is 0.952 bits per heavy atom. The summed E-state index contributed by atoms with van der Waals surface area (Å²) in [6.07, 6.45) is 7.46. The fraction of sp³-hybridized carbons (Fsp3) is 0.556. The highest BCUT2D eigenvalue weighted by molar-refractivity contribution is 5.97. The number of nitrogens with zero attached hydrogens (tertiary/aromatic N) is 1. The molecule has 3 rings (SSSR count). The van der Waals surface area contributed by atoms with Gasteiger partial charge in [-0.05, 0) is 50.7 Å². The SMILES string of the molecule is CC(=O)c1ccc(C(=O)N2CCCC2C2CCCC2)cc1. The van der Waals surface area contributed by atoms with Crippen LogP contribution >= 0.6 is 0 Å². The Bertz CT molecular complexity index is 529. The molecule has 0 bridgehead atoms. The van der Waals surface area contributed by atoms with Crippen molar-refractivity contribution < 1.29 is 9.59 Å². The molecular weight excluding hydrogens is 262 g/mol. The van der Waals surface area contributed by atoms with Gasteiger partial charge in [0, 0.05) is 23.7 Å². The molecule has 3 heteroatoms. The molecule has 1 saturated heterocycles. The highest BCUT2D eigenvalue weighted by atomic mass is 16.2. The number of ketones is 1. The molecule has 2 fully saturated rings. The van der Waals surface area contributed by atoms with E-state index in [1.165, 1.54) is 25.7 Å². The van der Waals surface area contributed by atoms with Gasteiger partial charge in [-0.25, -0.2) is 0 Å². The minimum absolute atomic E-state index is 0.0407. The number of Topliss-reactive ketones (excluding diaryl/α,β-unsaturated/α-hetero) is 1. The van der Waals surface area contributed by atoms with Crippen LogP contribution in [0.5, 0.6) is 0 Å². The molecule has 1 aromatic carbocycles. The van der Waals surface area contributed by atoms with Crippen LogP contribution in [-0.2, 0) is 0 Å². The van der Waals surface area contributed by atoms with Gasteiger partial charge in [0.05, 0.1) is 0 Å². The van der Waals surface area contributed by atoms with Crippen molar-refractivity contribution in [2.24, 2.45) is 5.92 Å². The number of rotatable bonds is 3. The fourth-order valence-corrected chi connectivity index (χ4v) is 3.89. The third-order valence-corrected chi connectivity index (χ3v) is 5.04. The monoisotopic (exact) mass is 285 g/mol. The van der Waals surface area contributed by atoms with Crippen LogP contribution in [-0.4, -0.2) is 29.2 Å². The second-order valence-corrected chi connectivity index (χ2v) is 6.39. The lowest BCUT2D eigenvalue weighted by Crippen LogP contribution is -2.39. The Morgan fingerprint density at radius 3 is 2.19 bits per heavy atom. The fourth-order valence-electron chi connectivity index (χ4n) is 3.89. The quantitative estimate of drug-likeness (QED) is 0.794. The molecule has 112 valence electrons. The van der Waals surface area contributed by atoms with Gasteiger partial charge in [-0.1, -0.05) is 25.0 Å². The van der Waals surface area contributed by atoms with E-state index in [4.69, 9.17) is 0 Å². The van der Waals surface area contributed by atoms with Gasteiger partial charge in [0.25, 0.3) is 5.91 Å². The summed E-state index contributed by atoms with van der Waals surface area (Å²) in [5.74, 6) is 0.881. The molecule has 0 aromatic heterocycles. The molecule has 1 unspecified atom stereocenters. The highest BCUT2D eigenvalue weighted by Crippen LogP contribution is 2.36. The highest BCUT2D eigenvalue weighted by Gasteiger charge is 2.36. The number of hydrogen-bond donors (Lipinski definition) is 0. The second-order valence-electron chi connectivity index (χ2n) is 6.39. The lowest BCUT2D eigenvalue weighted by molar-refractivity contribution is 0.0688. The van der Waals surface area contributed by atoms with E-state index in [2.05, 4.69) is 4.90 Å². The van der Waals surface area contributed by atoms with Gasteiger partial charge < -0.3 is 4.90 Å². The second kappa shape index (κ2) is 6.00. The molecular formula is C18H23NO2. The van der Waals surface area contributed by atoms with Gasteiger partial charge in [-0.2, -0.15) is 0 Å². The van der Waals surface area contributed by atoms with Crippen molar-refractivity contribution in [2.45, 2.75) is 51.5 Å². The average Bonchev–Trinajstić information content (AvgIpc) is 3.17. The van der Waals surface area contributed by atoms with Crippen LogP contribution < -0.4 is 0 Å². The van der Waals surface area contributed by atoms with Crippen LogP contribution in [0.15, 0.2) is 24.3 Å². The lowest BCUT2D eigenvalue weighted by atomic mass is 9.95. The minimum atomic E-state index is 0.0407. The van der Waals surface area contributed by atoms with Crippen LogP contribution in [0.2, 0.25) is 0 Å². The van der Waals surface area contributed by atoms with Crippen LogP contribution in [0.3, 0.4) is 0 Å². The number of likely N-dealkylation sites (tertiary alicyclic amines) is 1. The number of carbonyl (C=O) groups excluding carboxylic acids is 2. The van der Waals surface area contributed by atoms with E-state index < -0.39 is 0 Å². The molecule has 3 nitrogen and oxygen atoms in total. The summed E-state index contributed by atoms with van der Waals surface area (Å²) in [6.45, 7) is 2.43. The zero-order valence-electron chi connectivity index (χ0n) is 12.7. The van der Waals surface area contributed by atoms with Gasteiger partial charge in [-0.3, -0.25) is 9.59 Å². The molecule has 1 aromatic rings. The van der Waals surface area contributed by atoms with Crippen molar-refractivity contribution in [3.05, 3.63) is 35.4 Å². The molecule has 1 atom stereocenters. The summed E-state index contributed by atoms with van der Waals surface area (Å²) in [6, 6.07) is 7.55. The van der Waals surface area contributed by atoms with Crippen molar-refractivity contribution in [2.75, 3.05) is 6.54 Å². The van der Waals surface area contributed by atoms with Gasteiger partial charge in [-0.15, -0.1) is 0 Å². The standard InChI is InChI=1S/C18H23NO2/c1-13(20)14-8-10-16(11-9-14)18(21)19-12-4-7-17(19)15-5-2-3-6-15/h8-11,15,17H,2-7,12H2,1H3. The Hall–Kier alpha value is -1.64. The maximum absolute atomic E-state index is 12.7. The molecule has 0 spiro atoms. The normalized spacial score (nSPS) is 22.7. The maximum atomic E-state index is 12.7. The summed E-state index contributed by atoms with van der Waals surface area (Å²) < 4.78 is 0. The summed E-state index contributed by atoms with van der Waals surface area (Å²) in [5.41, 5.74) is 1.38. The Balaban J connectivity index is 1.75. The van der Waals surface area contributed by atoms with Crippen LogP contribution in [0.1, 0.15) is 66.2 Å². The molecule has 0 N–H and O–H groups in total. The first-order valence-corrected chi connectivity index (χ1v) is 8.09. The third kappa shape index (κ3) is 2.87. The number of carbonyl (C=O) groups is 2. The van der Waals surface area contributed by atoms with Crippen LogP contribution in [0.25, 0.3) is 0 Å². The predicted octanol–water partition coefficient (Wildman–Crippen LogP) is 3.68. The van der Waals surface area contributed by atoms with Gasteiger partial charge in [0.15, 0.2) is 5.78 Å². The van der Waals surface area contributed by atoms with Crippen molar-refractivity contribution >= 4 is 11.7 Å². The third-order valence-electron chi connectivity index (χ3n) is 5.04. The summed E-state index contributed by atoms with van der Waals surface area (Å²) >= 11 is 0. The van der Waals surface area contributed by atoms with Gasteiger partial charge >= 0.3 is 0 Å².